The van der Waals surface area contributed by atoms with Gasteiger partial charge in [0.2, 0.25) is 5.89 Å². The molecule has 1 aliphatic rings. The molecular formula is C17H23N3O. The molecule has 1 fully saturated rings. The molecule has 4 heteroatoms. The molecule has 1 saturated carbocycles. The first-order valence-corrected chi connectivity index (χ1v) is 7.84. The van der Waals surface area contributed by atoms with Gasteiger partial charge in [0.05, 0.1) is 6.54 Å². The summed E-state index contributed by atoms with van der Waals surface area (Å²) in [6, 6.07) is 10.2. The third kappa shape index (κ3) is 3.91. The van der Waals surface area contributed by atoms with Crippen molar-refractivity contribution in [3.05, 3.63) is 47.6 Å². The Labute approximate surface area is 126 Å². The summed E-state index contributed by atoms with van der Waals surface area (Å²) >= 11 is 0. The van der Waals surface area contributed by atoms with Crippen LogP contribution in [0.25, 0.3) is 0 Å². The Kier molecular flexibility index (Phi) is 4.34. The van der Waals surface area contributed by atoms with Gasteiger partial charge in [-0.25, -0.2) is 0 Å². The second kappa shape index (κ2) is 6.39. The maximum Gasteiger partial charge on any atom is 0.240 e. The van der Waals surface area contributed by atoms with Gasteiger partial charge in [-0.2, -0.15) is 4.98 Å². The first kappa shape index (κ1) is 14.3. The van der Waals surface area contributed by atoms with Crippen LogP contribution in [0.2, 0.25) is 0 Å². The van der Waals surface area contributed by atoms with Crippen LogP contribution in [0.4, 0.5) is 0 Å². The van der Waals surface area contributed by atoms with E-state index in [1.165, 1.54) is 37.7 Å². The van der Waals surface area contributed by atoms with Gasteiger partial charge in [-0.05, 0) is 25.3 Å². The van der Waals surface area contributed by atoms with Crippen LogP contribution in [0.5, 0.6) is 0 Å². The molecule has 112 valence electrons. The van der Waals surface area contributed by atoms with Crippen molar-refractivity contribution in [1.82, 2.24) is 15.5 Å². The molecule has 1 aliphatic carbocycles. The highest BCUT2D eigenvalue weighted by Gasteiger charge is 2.26. The zero-order valence-electron chi connectivity index (χ0n) is 12.6. The Morgan fingerprint density at radius 3 is 2.67 bits per heavy atom. The quantitative estimate of drug-likeness (QED) is 0.914. The second-order valence-electron chi connectivity index (χ2n) is 6.24. The number of hydrogen-bond donors (Lipinski definition) is 1. The standard InChI is InChI=1S/C17H23N3O/c1-17(10-6-3-7-11-17)18-13-16-19-15(20-21-16)12-14-8-4-2-5-9-14/h2,4-5,8-9,18H,3,6-7,10-13H2,1H3. The maximum atomic E-state index is 5.35. The predicted octanol–water partition coefficient (Wildman–Crippen LogP) is 3.47. The third-order valence-corrected chi connectivity index (χ3v) is 4.34. The summed E-state index contributed by atoms with van der Waals surface area (Å²) in [6.45, 7) is 2.96. The fourth-order valence-electron chi connectivity index (χ4n) is 3.01. The molecule has 0 spiro atoms. The Morgan fingerprint density at radius 2 is 1.90 bits per heavy atom. The molecule has 0 amide bonds. The molecule has 0 atom stereocenters. The predicted molar refractivity (Wildman–Crippen MR) is 81.9 cm³/mol. The smallest absolute Gasteiger partial charge is 0.240 e. The van der Waals surface area contributed by atoms with E-state index in [9.17, 15) is 0 Å². The Bertz CT molecular complexity index is 558. The average Bonchev–Trinajstić information content (AvgIpc) is 2.95. The van der Waals surface area contributed by atoms with E-state index in [0.717, 1.165) is 12.2 Å². The number of nitrogens with one attached hydrogen (secondary N) is 1. The highest BCUT2D eigenvalue weighted by Crippen LogP contribution is 2.27. The zero-order chi connectivity index (χ0) is 14.5. The fourth-order valence-corrected chi connectivity index (χ4v) is 3.01. The number of benzene rings is 1. The molecule has 0 aliphatic heterocycles. The molecule has 21 heavy (non-hydrogen) atoms. The highest BCUT2D eigenvalue weighted by molar-refractivity contribution is 5.18. The van der Waals surface area contributed by atoms with Gasteiger partial charge in [0, 0.05) is 12.0 Å². The van der Waals surface area contributed by atoms with Crippen molar-refractivity contribution in [2.45, 2.75) is 57.5 Å². The van der Waals surface area contributed by atoms with Crippen LogP contribution in [0.15, 0.2) is 34.9 Å². The van der Waals surface area contributed by atoms with E-state index in [1.54, 1.807) is 0 Å². The minimum absolute atomic E-state index is 0.228. The minimum atomic E-state index is 0.228. The van der Waals surface area contributed by atoms with Gasteiger partial charge >= 0.3 is 0 Å². The lowest BCUT2D eigenvalue weighted by molar-refractivity contribution is 0.238. The summed E-state index contributed by atoms with van der Waals surface area (Å²) in [5.74, 6) is 1.44. The average molecular weight is 285 g/mol. The maximum absolute atomic E-state index is 5.35. The van der Waals surface area contributed by atoms with E-state index >= 15 is 0 Å². The Hall–Kier alpha value is -1.68. The minimum Gasteiger partial charge on any atom is -0.338 e. The summed E-state index contributed by atoms with van der Waals surface area (Å²) in [5.41, 5.74) is 1.43. The van der Waals surface area contributed by atoms with Gasteiger partial charge in [-0.15, -0.1) is 0 Å². The lowest BCUT2D eigenvalue weighted by atomic mass is 9.83. The topological polar surface area (TPSA) is 51.0 Å². The van der Waals surface area contributed by atoms with Gasteiger partial charge in [0.1, 0.15) is 0 Å². The Morgan fingerprint density at radius 1 is 1.14 bits per heavy atom. The lowest BCUT2D eigenvalue weighted by Gasteiger charge is -2.34. The van der Waals surface area contributed by atoms with Crippen molar-refractivity contribution in [3.63, 3.8) is 0 Å². The molecule has 1 N–H and O–H groups in total. The summed E-state index contributed by atoms with van der Waals surface area (Å²) in [5, 5.41) is 7.67. The molecule has 1 aromatic carbocycles. The van der Waals surface area contributed by atoms with Crippen LogP contribution in [0.1, 0.15) is 56.3 Å². The number of aromatic nitrogens is 2. The van der Waals surface area contributed by atoms with Gasteiger partial charge in [-0.1, -0.05) is 54.8 Å². The fraction of sp³-hybridized carbons (Fsp3) is 0.529. The molecule has 2 aromatic rings. The van der Waals surface area contributed by atoms with Crippen LogP contribution < -0.4 is 5.32 Å². The van der Waals surface area contributed by atoms with Crippen LogP contribution in [-0.4, -0.2) is 15.7 Å². The van der Waals surface area contributed by atoms with E-state index < -0.39 is 0 Å². The van der Waals surface area contributed by atoms with Crippen molar-refractivity contribution in [3.8, 4) is 0 Å². The number of nitrogens with zero attached hydrogens (tertiary/aromatic N) is 2. The Balaban J connectivity index is 1.55. The summed E-state index contributed by atoms with van der Waals surface area (Å²) in [7, 11) is 0. The molecule has 0 saturated heterocycles. The van der Waals surface area contributed by atoms with Gasteiger partial charge < -0.3 is 9.84 Å². The SMILES string of the molecule is CC1(NCc2nc(Cc3ccccc3)no2)CCCCC1. The first-order valence-electron chi connectivity index (χ1n) is 7.84. The van der Waals surface area contributed by atoms with Gasteiger partial charge in [0.25, 0.3) is 0 Å². The summed E-state index contributed by atoms with van der Waals surface area (Å²) in [4.78, 5) is 4.48. The van der Waals surface area contributed by atoms with E-state index in [4.69, 9.17) is 4.52 Å². The van der Waals surface area contributed by atoms with Gasteiger partial charge in [-0.3, -0.25) is 0 Å². The monoisotopic (exact) mass is 285 g/mol. The molecule has 0 bridgehead atoms. The third-order valence-electron chi connectivity index (χ3n) is 4.34. The van der Waals surface area contributed by atoms with Crippen molar-refractivity contribution in [1.29, 1.82) is 0 Å². The summed E-state index contributed by atoms with van der Waals surface area (Å²) in [6.07, 6.45) is 7.18. The van der Waals surface area contributed by atoms with Crippen LogP contribution in [0.3, 0.4) is 0 Å². The van der Waals surface area contributed by atoms with Crippen LogP contribution in [0, 0.1) is 0 Å². The molecular weight excluding hydrogens is 262 g/mol. The van der Waals surface area contributed by atoms with Crippen molar-refractivity contribution >= 4 is 0 Å². The van der Waals surface area contributed by atoms with Crippen LogP contribution in [-0.2, 0) is 13.0 Å². The lowest BCUT2D eigenvalue weighted by Crippen LogP contribution is -2.43. The molecule has 0 radical (unpaired) electrons. The first-order chi connectivity index (χ1) is 10.2. The van der Waals surface area contributed by atoms with Crippen molar-refractivity contribution in [2.75, 3.05) is 0 Å². The number of hydrogen-bond acceptors (Lipinski definition) is 4. The van der Waals surface area contributed by atoms with Crippen molar-refractivity contribution < 1.29 is 4.52 Å². The van der Waals surface area contributed by atoms with Crippen molar-refractivity contribution in [2.24, 2.45) is 0 Å². The van der Waals surface area contributed by atoms with Gasteiger partial charge in [0.15, 0.2) is 5.82 Å². The molecule has 1 aromatic heterocycles. The zero-order valence-corrected chi connectivity index (χ0v) is 12.6. The largest absolute Gasteiger partial charge is 0.338 e. The molecule has 3 rings (SSSR count). The summed E-state index contributed by atoms with van der Waals surface area (Å²) < 4.78 is 5.35. The molecule has 1 heterocycles. The highest BCUT2D eigenvalue weighted by atomic mass is 16.5. The van der Waals surface area contributed by atoms with E-state index in [1.807, 2.05) is 18.2 Å². The van der Waals surface area contributed by atoms with E-state index in [0.29, 0.717) is 12.4 Å². The number of rotatable bonds is 5. The second-order valence-corrected chi connectivity index (χ2v) is 6.24. The molecule has 4 nitrogen and oxygen atoms in total. The van der Waals surface area contributed by atoms with E-state index in [2.05, 4.69) is 34.5 Å². The van der Waals surface area contributed by atoms with E-state index in [-0.39, 0.29) is 5.54 Å². The van der Waals surface area contributed by atoms with Crippen LogP contribution >= 0.6 is 0 Å². The normalized spacial score (nSPS) is 17.8. The molecule has 0 unspecified atom stereocenters.